The fourth-order valence-electron chi connectivity index (χ4n) is 1.70. The Morgan fingerprint density at radius 2 is 2.14 bits per heavy atom. The standard InChI is InChI=1S/C15H9BrFNO3/c16-13-5-4-11(6-12(13)15(19)20)21-8-10-3-1-2-9(7-18)14(10)17/h1-6H,8H2,(H,19,20). The Balaban J connectivity index is 2.20. The zero-order valence-electron chi connectivity index (χ0n) is 10.6. The van der Waals surface area contributed by atoms with Crippen molar-refractivity contribution in [2.24, 2.45) is 0 Å². The number of carboxylic acid groups (broad SMARTS) is 1. The highest BCUT2D eigenvalue weighted by molar-refractivity contribution is 9.10. The van der Waals surface area contributed by atoms with Crippen LogP contribution in [0.5, 0.6) is 5.75 Å². The Morgan fingerprint density at radius 1 is 1.38 bits per heavy atom. The van der Waals surface area contributed by atoms with Gasteiger partial charge in [-0.2, -0.15) is 5.26 Å². The number of carbonyl (C=O) groups is 1. The second-order valence-corrected chi connectivity index (χ2v) is 4.98. The van der Waals surface area contributed by atoms with Crippen LogP contribution >= 0.6 is 15.9 Å². The number of carboxylic acids is 1. The summed E-state index contributed by atoms with van der Waals surface area (Å²) in [6.07, 6.45) is 0. The maximum absolute atomic E-state index is 13.8. The van der Waals surface area contributed by atoms with Gasteiger partial charge in [-0.1, -0.05) is 12.1 Å². The van der Waals surface area contributed by atoms with Crippen LogP contribution < -0.4 is 4.74 Å². The van der Waals surface area contributed by atoms with Gasteiger partial charge in [-0.05, 0) is 40.2 Å². The molecule has 0 spiro atoms. The van der Waals surface area contributed by atoms with E-state index in [9.17, 15) is 9.18 Å². The van der Waals surface area contributed by atoms with Crippen LogP contribution in [0.25, 0.3) is 0 Å². The van der Waals surface area contributed by atoms with E-state index in [1.807, 2.05) is 0 Å². The van der Waals surface area contributed by atoms with Gasteiger partial charge in [-0.25, -0.2) is 9.18 Å². The summed E-state index contributed by atoms with van der Waals surface area (Å²) in [5.74, 6) is -1.42. The summed E-state index contributed by atoms with van der Waals surface area (Å²) < 4.78 is 19.7. The van der Waals surface area contributed by atoms with Gasteiger partial charge in [0.1, 0.15) is 24.2 Å². The number of hydrogen-bond acceptors (Lipinski definition) is 3. The number of hydrogen-bond donors (Lipinski definition) is 1. The fourth-order valence-corrected chi connectivity index (χ4v) is 2.11. The van der Waals surface area contributed by atoms with Crippen molar-refractivity contribution >= 4 is 21.9 Å². The van der Waals surface area contributed by atoms with E-state index in [0.29, 0.717) is 10.2 Å². The van der Waals surface area contributed by atoms with Crippen LogP contribution in [0.4, 0.5) is 4.39 Å². The molecule has 0 saturated heterocycles. The van der Waals surface area contributed by atoms with Gasteiger partial charge in [0.25, 0.3) is 0 Å². The van der Waals surface area contributed by atoms with Crippen molar-refractivity contribution in [3.63, 3.8) is 0 Å². The lowest BCUT2D eigenvalue weighted by atomic mass is 10.1. The average Bonchev–Trinajstić information content (AvgIpc) is 2.47. The van der Waals surface area contributed by atoms with Crippen LogP contribution in [0.3, 0.4) is 0 Å². The molecule has 0 aromatic heterocycles. The molecule has 1 N–H and O–H groups in total. The van der Waals surface area contributed by atoms with Crippen molar-refractivity contribution in [2.75, 3.05) is 0 Å². The summed E-state index contributed by atoms with van der Waals surface area (Å²) in [7, 11) is 0. The van der Waals surface area contributed by atoms with Gasteiger partial charge in [0.15, 0.2) is 0 Å². The van der Waals surface area contributed by atoms with Crippen LogP contribution in [0.1, 0.15) is 21.5 Å². The summed E-state index contributed by atoms with van der Waals surface area (Å²) in [6, 6.07) is 10.7. The van der Waals surface area contributed by atoms with Crippen LogP contribution in [-0.4, -0.2) is 11.1 Å². The molecule has 0 bridgehead atoms. The molecule has 6 heteroatoms. The molecule has 0 atom stereocenters. The number of rotatable bonds is 4. The summed E-state index contributed by atoms with van der Waals surface area (Å²) in [5.41, 5.74) is 0.228. The topological polar surface area (TPSA) is 70.3 Å². The van der Waals surface area contributed by atoms with Crippen molar-refractivity contribution < 1.29 is 19.0 Å². The molecule has 2 rings (SSSR count). The first-order chi connectivity index (χ1) is 10.0. The highest BCUT2D eigenvalue weighted by atomic mass is 79.9. The van der Waals surface area contributed by atoms with Crippen LogP contribution in [0, 0.1) is 17.1 Å². The monoisotopic (exact) mass is 349 g/mol. The van der Waals surface area contributed by atoms with E-state index in [1.165, 1.54) is 18.2 Å². The lowest BCUT2D eigenvalue weighted by molar-refractivity contribution is 0.0695. The third-order valence-electron chi connectivity index (χ3n) is 2.76. The highest BCUT2D eigenvalue weighted by Crippen LogP contribution is 2.24. The molecule has 0 amide bonds. The van der Waals surface area contributed by atoms with E-state index in [0.717, 1.165) is 0 Å². The van der Waals surface area contributed by atoms with Crippen LogP contribution in [0.2, 0.25) is 0 Å². The van der Waals surface area contributed by atoms with Gasteiger partial charge in [0.2, 0.25) is 0 Å². The molecule has 0 aliphatic rings. The Bertz CT molecular complexity index is 740. The molecular formula is C15H9BrFNO3. The summed E-state index contributed by atoms with van der Waals surface area (Å²) in [5, 5.41) is 17.8. The SMILES string of the molecule is N#Cc1cccc(COc2ccc(Br)c(C(=O)O)c2)c1F. The molecule has 0 fully saturated rings. The molecule has 0 saturated carbocycles. The van der Waals surface area contributed by atoms with Crippen molar-refractivity contribution in [1.82, 2.24) is 0 Å². The maximum Gasteiger partial charge on any atom is 0.336 e. The lowest BCUT2D eigenvalue weighted by Crippen LogP contribution is -2.02. The van der Waals surface area contributed by atoms with Gasteiger partial charge in [0, 0.05) is 10.0 Å². The maximum atomic E-state index is 13.8. The largest absolute Gasteiger partial charge is 0.489 e. The van der Waals surface area contributed by atoms with Gasteiger partial charge in [-0.3, -0.25) is 0 Å². The first-order valence-corrected chi connectivity index (χ1v) is 6.65. The quantitative estimate of drug-likeness (QED) is 0.912. The van der Waals surface area contributed by atoms with E-state index in [2.05, 4.69) is 15.9 Å². The minimum absolute atomic E-state index is 0.0544. The minimum Gasteiger partial charge on any atom is -0.489 e. The minimum atomic E-state index is -1.09. The van der Waals surface area contributed by atoms with Gasteiger partial charge in [-0.15, -0.1) is 0 Å². The van der Waals surface area contributed by atoms with E-state index in [1.54, 1.807) is 24.3 Å². The van der Waals surface area contributed by atoms with Crippen molar-refractivity contribution in [2.45, 2.75) is 6.61 Å². The number of benzene rings is 2. The number of nitriles is 1. The number of ether oxygens (including phenoxy) is 1. The zero-order chi connectivity index (χ0) is 15.4. The van der Waals surface area contributed by atoms with Crippen LogP contribution in [0.15, 0.2) is 40.9 Å². The van der Waals surface area contributed by atoms with Gasteiger partial charge in [0.05, 0.1) is 11.1 Å². The normalized spacial score (nSPS) is 9.95. The van der Waals surface area contributed by atoms with Gasteiger partial charge >= 0.3 is 5.97 Å². The average molecular weight is 350 g/mol. The van der Waals surface area contributed by atoms with Crippen molar-refractivity contribution in [3.8, 4) is 11.8 Å². The van der Waals surface area contributed by atoms with Crippen LogP contribution in [-0.2, 0) is 6.61 Å². The molecule has 4 nitrogen and oxygen atoms in total. The van der Waals surface area contributed by atoms with E-state index in [-0.39, 0.29) is 23.3 Å². The Labute approximate surface area is 128 Å². The summed E-state index contributed by atoms with van der Waals surface area (Å²) in [4.78, 5) is 11.0. The Morgan fingerprint density at radius 3 is 2.81 bits per heavy atom. The third kappa shape index (κ3) is 3.38. The first kappa shape index (κ1) is 15.0. The molecule has 0 unspecified atom stereocenters. The second-order valence-electron chi connectivity index (χ2n) is 4.13. The lowest BCUT2D eigenvalue weighted by Gasteiger charge is -2.09. The predicted octanol–water partition coefficient (Wildman–Crippen LogP) is 3.74. The van der Waals surface area contributed by atoms with Crippen molar-refractivity contribution in [1.29, 1.82) is 5.26 Å². The molecule has 21 heavy (non-hydrogen) atoms. The number of aromatic carboxylic acids is 1. The molecule has 106 valence electrons. The highest BCUT2D eigenvalue weighted by Gasteiger charge is 2.11. The Hall–Kier alpha value is -2.39. The van der Waals surface area contributed by atoms with E-state index < -0.39 is 11.8 Å². The molecule has 0 radical (unpaired) electrons. The zero-order valence-corrected chi connectivity index (χ0v) is 12.2. The number of halogens is 2. The van der Waals surface area contributed by atoms with E-state index in [4.69, 9.17) is 15.1 Å². The van der Waals surface area contributed by atoms with Crippen molar-refractivity contribution in [3.05, 3.63) is 63.4 Å². The fraction of sp³-hybridized carbons (Fsp3) is 0.0667. The Kier molecular flexibility index (Phi) is 4.55. The van der Waals surface area contributed by atoms with E-state index >= 15 is 0 Å². The van der Waals surface area contributed by atoms with Gasteiger partial charge < -0.3 is 9.84 Å². The first-order valence-electron chi connectivity index (χ1n) is 5.86. The molecule has 0 aliphatic carbocycles. The second kappa shape index (κ2) is 6.37. The molecule has 0 aliphatic heterocycles. The summed E-state index contributed by atoms with van der Waals surface area (Å²) >= 11 is 3.13. The molecule has 2 aromatic carbocycles. The third-order valence-corrected chi connectivity index (χ3v) is 3.45. The molecular weight excluding hydrogens is 341 g/mol. The molecule has 2 aromatic rings. The summed E-state index contributed by atoms with van der Waals surface area (Å²) in [6.45, 7) is -0.0952. The molecule has 0 heterocycles. The predicted molar refractivity (Wildman–Crippen MR) is 76.5 cm³/mol. The number of nitrogens with zero attached hydrogens (tertiary/aromatic N) is 1. The smallest absolute Gasteiger partial charge is 0.336 e.